The smallest absolute Gasteiger partial charge is 0.222 e. The maximum absolute atomic E-state index is 6.01. The third-order valence-electron chi connectivity index (χ3n) is 3.29. The van der Waals surface area contributed by atoms with Crippen LogP contribution in [0.25, 0.3) is 16.0 Å². The highest BCUT2D eigenvalue weighted by Crippen LogP contribution is 2.39. The summed E-state index contributed by atoms with van der Waals surface area (Å²) in [6.07, 6.45) is 4.45. The molecule has 1 aliphatic carbocycles. The van der Waals surface area contributed by atoms with Crippen LogP contribution in [0.5, 0.6) is 0 Å². The monoisotopic (exact) mass is 290 g/mol. The summed E-state index contributed by atoms with van der Waals surface area (Å²) in [4.78, 5) is 10.7. The van der Waals surface area contributed by atoms with Gasteiger partial charge in [0.1, 0.15) is 4.83 Å². The van der Waals surface area contributed by atoms with Crippen LogP contribution < -0.4 is 0 Å². The maximum Gasteiger partial charge on any atom is 0.225 e. The van der Waals surface area contributed by atoms with Gasteiger partial charge in [-0.25, -0.2) is 9.67 Å². The third kappa shape index (κ3) is 1.93. The van der Waals surface area contributed by atoms with Crippen molar-refractivity contribution in [3.63, 3.8) is 0 Å². The molecule has 4 nitrogen and oxygen atoms in total. The number of rotatable bonds is 2. The van der Waals surface area contributed by atoms with Crippen LogP contribution in [0, 0.1) is 6.92 Å². The van der Waals surface area contributed by atoms with E-state index in [1.807, 2.05) is 10.9 Å². The molecular formula is C13H11ClN4S. The molecule has 0 unspecified atom stereocenters. The predicted molar refractivity (Wildman–Crippen MR) is 76.3 cm³/mol. The average molecular weight is 291 g/mol. The Balaban J connectivity index is 1.92. The molecule has 0 radical (unpaired) electrons. The van der Waals surface area contributed by atoms with E-state index < -0.39 is 0 Å². The van der Waals surface area contributed by atoms with Crippen LogP contribution >= 0.6 is 22.9 Å². The summed E-state index contributed by atoms with van der Waals surface area (Å²) in [7, 11) is 0. The lowest BCUT2D eigenvalue weighted by Crippen LogP contribution is -2.01. The number of hydrogen-bond acceptors (Lipinski definition) is 4. The molecule has 1 saturated carbocycles. The van der Waals surface area contributed by atoms with Crippen LogP contribution in [0.1, 0.15) is 29.3 Å². The molecule has 3 aromatic heterocycles. The van der Waals surface area contributed by atoms with Gasteiger partial charge < -0.3 is 0 Å². The van der Waals surface area contributed by atoms with Gasteiger partial charge >= 0.3 is 0 Å². The van der Waals surface area contributed by atoms with E-state index in [0.29, 0.717) is 5.92 Å². The molecule has 3 aromatic rings. The molecule has 0 bridgehead atoms. The molecule has 96 valence electrons. The molecule has 3 heterocycles. The number of halogens is 1. The zero-order valence-corrected chi connectivity index (χ0v) is 11.9. The standard InChI is InChI=1S/C13H11ClN4S/c1-7-6-9-11(15-13(14)16-12(9)19-7)18-5-4-10(17-18)8-2-3-8/h4-6,8H,2-3H2,1H3. The van der Waals surface area contributed by atoms with E-state index in [-0.39, 0.29) is 5.28 Å². The van der Waals surface area contributed by atoms with Crippen molar-refractivity contribution in [1.82, 2.24) is 19.7 Å². The maximum atomic E-state index is 6.01. The lowest BCUT2D eigenvalue weighted by Gasteiger charge is -2.02. The minimum Gasteiger partial charge on any atom is -0.222 e. The molecular weight excluding hydrogens is 280 g/mol. The average Bonchev–Trinajstić information content (AvgIpc) is 2.97. The van der Waals surface area contributed by atoms with E-state index in [2.05, 4.69) is 34.1 Å². The van der Waals surface area contributed by atoms with Gasteiger partial charge in [-0.05, 0) is 43.5 Å². The van der Waals surface area contributed by atoms with Crippen LogP contribution in [0.3, 0.4) is 0 Å². The highest BCUT2D eigenvalue weighted by Gasteiger charge is 2.26. The molecule has 0 N–H and O–H groups in total. The fraction of sp³-hybridized carbons (Fsp3) is 0.308. The van der Waals surface area contributed by atoms with Crippen molar-refractivity contribution in [2.45, 2.75) is 25.7 Å². The summed E-state index contributed by atoms with van der Waals surface area (Å²) in [5, 5.41) is 5.90. The number of thiophene rings is 1. The van der Waals surface area contributed by atoms with Crippen LogP contribution in [-0.2, 0) is 0 Å². The zero-order valence-electron chi connectivity index (χ0n) is 10.3. The molecule has 1 fully saturated rings. The van der Waals surface area contributed by atoms with Crippen LogP contribution in [0.2, 0.25) is 5.28 Å². The minimum atomic E-state index is 0.271. The lowest BCUT2D eigenvalue weighted by molar-refractivity contribution is 0.817. The Morgan fingerprint density at radius 3 is 3.00 bits per heavy atom. The number of hydrogen-bond donors (Lipinski definition) is 0. The Morgan fingerprint density at radius 2 is 2.21 bits per heavy atom. The Hall–Kier alpha value is -1.46. The van der Waals surface area contributed by atoms with Crippen molar-refractivity contribution < 1.29 is 0 Å². The highest BCUT2D eigenvalue weighted by molar-refractivity contribution is 7.18. The summed E-state index contributed by atoms with van der Waals surface area (Å²) < 4.78 is 1.82. The normalized spacial score (nSPS) is 15.3. The largest absolute Gasteiger partial charge is 0.225 e. The van der Waals surface area contributed by atoms with Gasteiger partial charge in [-0.15, -0.1) is 11.3 Å². The molecule has 0 aromatic carbocycles. The summed E-state index contributed by atoms with van der Waals surface area (Å²) in [5.74, 6) is 1.41. The number of fused-ring (bicyclic) bond motifs is 1. The summed E-state index contributed by atoms with van der Waals surface area (Å²) >= 11 is 7.63. The van der Waals surface area contributed by atoms with E-state index in [4.69, 9.17) is 11.6 Å². The first kappa shape index (κ1) is 11.4. The van der Waals surface area contributed by atoms with Crippen molar-refractivity contribution in [1.29, 1.82) is 0 Å². The first-order valence-electron chi connectivity index (χ1n) is 6.20. The van der Waals surface area contributed by atoms with Gasteiger partial charge in [0.15, 0.2) is 5.82 Å². The van der Waals surface area contributed by atoms with Crippen molar-refractivity contribution in [2.24, 2.45) is 0 Å². The van der Waals surface area contributed by atoms with Gasteiger partial charge in [0, 0.05) is 17.0 Å². The fourth-order valence-electron chi connectivity index (χ4n) is 2.23. The van der Waals surface area contributed by atoms with E-state index in [1.54, 1.807) is 11.3 Å². The Kier molecular flexibility index (Phi) is 2.40. The van der Waals surface area contributed by atoms with Gasteiger partial charge in [-0.2, -0.15) is 10.1 Å². The number of nitrogens with zero attached hydrogens (tertiary/aromatic N) is 4. The second kappa shape index (κ2) is 4.02. The molecule has 0 atom stereocenters. The van der Waals surface area contributed by atoms with E-state index in [0.717, 1.165) is 21.7 Å². The molecule has 6 heteroatoms. The van der Waals surface area contributed by atoms with E-state index in [9.17, 15) is 0 Å². The molecule has 0 spiro atoms. The number of aromatic nitrogens is 4. The third-order valence-corrected chi connectivity index (χ3v) is 4.40. The Bertz CT molecular complexity index is 772. The van der Waals surface area contributed by atoms with Crippen molar-refractivity contribution in [3.8, 4) is 5.82 Å². The SMILES string of the molecule is Cc1cc2c(-n3ccc(C4CC4)n3)nc(Cl)nc2s1. The van der Waals surface area contributed by atoms with Crippen molar-refractivity contribution >= 4 is 33.2 Å². The van der Waals surface area contributed by atoms with Crippen molar-refractivity contribution in [3.05, 3.63) is 34.2 Å². The van der Waals surface area contributed by atoms with E-state index in [1.165, 1.54) is 17.7 Å². The molecule has 4 rings (SSSR count). The highest BCUT2D eigenvalue weighted by atomic mass is 35.5. The summed E-state index contributed by atoms with van der Waals surface area (Å²) in [5.41, 5.74) is 1.15. The quantitative estimate of drug-likeness (QED) is 0.676. The van der Waals surface area contributed by atoms with Gasteiger partial charge in [-0.1, -0.05) is 0 Å². The molecule has 0 amide bonds. The van der Waals surface area contributed by atoms with Gasteiger partial charge in [0.25, 0.3) is 0 Å². The van der Waals surface area contributed by atoms with Crippen LogP contribution in [-0.4, -0.2) is 19.7 Å². The van der Waals surface area contributed by atoms with Crippen LogP contribution in [0.4, 0.5) is 0 Å². The predicted octanol–water partition coefficient (Wildman–Crippen LogP) is 3.72. The number of aryl methyl sites for hydroxylation is 1. The van der Waals surface area contributed by atoms with Gasteiger partial charge in [0.2, 0.25) is 5.28 Å². The molecule has 0 saturated heterocycles. The molecule has 0 aliphatic heterocycles. The second-order valence-corrected chi connectivity index (χ2v) is 6.42. The van der Waals surface area contributed by atoms with Crippen LogP contribution in [0.15, 0.2) is 18.3 Å². The van der Waals surface area contributed by atoms with E-state index >= 15 is 0 Å². The summed E-state index contributed by atoms with van der Waals surface area (Å²) in [6.45, 7) is 2.06. The Morgan fingerprint density at radius 1 is 1.37 bits per heavy atom. The minimum absolute atomic E-state index is 0.271. The summed E-state index contributed by atoms with van der Waals surface area (Å²) in [6, 6.07) is 4.16. The van der Waals surface area contributed by atoms with Gasteiger partial charge in [-0.3, -0.25) is 0 Å². The molecule has 19 heavy (non-hydrogen) atoms. The van der Waals surface area contributed by atoms with Crippen molar-refractivity contribution in [2.75, 3.05) is 0 Å². The first-order valence-corrected chi connectivity index (χ1v) is 7.40. The zero-order chi connectivity index (χ0) is 13.0. The first-order chi connectivity index (χ1) is 9.20. The Labute approximate surface area is 119 Å². The second-order valence-electron chi connectivity index (χ2n) is 4.85. The lowest BCUT2D eigenvalue weighted by atomic mass is 10.3. The fourth-order valence-corrected chi connectivity index (χ4v) is 3.32. The van der Waals surface area contributed by atoms with Gasteiger partial charge in [0.05, 0.1) is 11.1 Å². The molecule has 1 aliphatic rings. The topological polar surface area (TPSA) is 43.6 Å².